The number of benzene rings is 1. The molecule has 0 spiro atoms. The number of nitrogens with one attached hydrogen (secondary N) is 1. The van der Waals surface area contributed by atoms with Crippen LogP contribution in [-0.4, -0.2) is 25.3 Å². The third-order valence-corrected chi connectivity index (χ3v) is 3.93. The minimum Gasteiger partial charge on any atom is -0.507 e. The van der Waals surface area contributed by atoms with Gasteiger partial charge in [0.1, 0.15) is 11.4 Å². The second kappa shape index (κ2) is 6.12. The molecule has 0 aliphatic carbocycles. The second-order valence-corrected chi connectivity index (χ2v) is 6.89. The third kappa shape index (κ3) is 3.40. The SMILES string of the molecule is CC(C)(C)c1ccc(O)c(-c2n[nH]c(-c3ncccc3C(F)(F)F)n2)c1. The molecule has 136 valence electrons. The highest BCUT2D eigenvalue weighted by atomic mass is 19.4. The largest absolute Gasteiger partial charge is 0.507 e. The number of rotatable bonds is 2. The van der Waals surface area contributed by atoms with Crippen molar-refractivity contribution < 1.29 is 18.3 Å². The van der Waals surface area contributed by atoms with Crippen molar-refractivity contribution in [1.29, 1.82) is 0 Å². The molecule has 0 saturated heterocycles. The van der Waals surface area contributed by atoms with E-state index in [-0.39, 0.29) is 28.5 Å². The van der Waals surface area contributed by atoms with Crippen molar-refractivity contribution in [3.8, 4) is 28.7 Å². The summed E-state index contributed by atoms with van der Waals surface area (Å²) in [6.45, 7) is 6.03. The van der Waals surface area contributed by atoms with Gasteiger partial charge in [-0.05, 0) is 35.2 Å². The van der Waals surface area contributed by atoms with Gasteiger partial charge in [-0.1, -0.05) is 26.8 Å². The average Bonchev–Trinajstić information content (AvgIpc) is 3.03. The van der Waals surface area contributed by atoms with Gasteiger partial charge in [0.05, 0.1) is 11.1 Å². The van der Waals surface area contributed by atoms with E-state index in [1.54, 1.807) is 12.1 Å². The molecular formula is C18H17F3N4O. The number of hydrogen-bond donors (Lipinski definition) is 2. The lowest BCUT2D eigenvalue weighted by molar-refractivity contribution is -0.137. The van der Waals surface area contributed by atoms with Crippen molar-refractivity contribution in [2.75, 3.05) is 0 Å². The Bertz CT molecular complexity index is 942. The topological polar surface area (TPSA) is 74.7 Å². The first-order valence-corrected chi connectivity index (χ1v) is 7.86. The number of aromatic nitrogens is 4. The minimum atomic E-state index is -4.56. The summed E-state index contributed by atoms with van der Waals surface area (Å²) in [5, 5.41) is 16.6. The van der Waals surface area contributed by atoms with Crippen LogP contribution in [0.3, 0.4) is 0 Å². The van der Waals surface area contributed by atoms with Crippen molar-refractivity contribution in [3.05, 3.63) is 47.7 Å². The second-order valence-electron chi connectivity index (χ2n) is 6.89. The first-order chi connectivity index (χ1) is 12.1. The summed E-state index contributed by atoms with van der Waals surface area (Å²) in [7, 11) is 0. The Kier molecular flexibility index (Phi) is 4.21. The molecule has 0 radical (unpaired) electrons. The molecule has 2 heterocycles. The fraction of sp³-hybridized carbons (Fsp3) is 0.278. The fourth-order valence-corrected chi connectivity index (χ4v) is 2.49. The number of aromatic hydroxyl groups is 1. The Morgan fingerprint density at radius 3 is 2.46 bits per heavy atom. The number of pyridine rings is 1. The van der Waals surface area contributed by atoms with E-state index in [0.717, 1.165) is 11.6 Å². The summed E-state index contributed by atoms with van der Waals surface area (Å²) in [5.41, 5.74) is -0.151. The van der Waals surface area contributed by atoms with Crippen molar-refractivity contribution in [1.82, 2.24) is 20.2 Å². The van der Waals surface area contributed by atoms with Crippen LogP contribution in [0.25, 0.3) is 22.9 Å². The molecule has 0 bridgehead atoms. The zero-order chi connectivity index (χ0) is 19.1. The van der Waals surface area contributed by atoms with Gasteiger partial charge in [-0.2, -0.15) is 18.3 Å². The number of hydrogen-bond acceptors (Lipinski definition) is 4. The highest BCUT2D eigenvalue weighted by Gasteiger charge is 2.35. The number of phenolic OH excluding ortho intramolecular Hbond substituents is 1. The molecule has 26 heavy (non-hydrogen) atoms. The van der Waals surface area contributed by atoms with Crippen LogP contribution in [0.5, 0.6) is 5.75 Å². The molecule has 1 aromatic carbocycles. The number of aromatic amines is 1. The molecular weight excluding hydrogens is 345 g/mol. The molecule has 0 aliphatic rings. The van der Waals surface area contributed by atoms with Gasteiger partial charge in [0.2, 0.25) is 0 Å². The lowest BCUT2D eigenvalue weighted by Gasteiger charge is -2.19. The zero-order valence-corrected chi connectivity index (χ0v) is 14.4. The van der Waals surface area contributed by atoms with Gasteiger partial charge >= 0.3 is 6.18 Å². The summed E-state index contributed by atoms with van der Waals surface area (Å²) in [4.78, 5) is 7.91. The number of halogens is 3. The van der Waals surface area contributed by atoms with E-state index in [9.17, 15) is 18.3 Å². The van der Waals surface area contributed by atoms with Gasteiger partial charge < -0.3 is 5.11 Å². The molecule has 2 N–H and O–H groups in total. The van der Waals surface area contributed by atoms with Crippen LogP contribution in [0.1, 0.15) is 31.9 Å². The first-order valence-electron chi connectivity index (χ1n) is 7.86. The van der Waals surface area contributed by atoms with E-state index < -0.39 is 11.7 Å². The summed E-state index contributed by atoms with van der Waals surface area (Å²) >= 11 is 0. The van der Waals surface area contributed by atoms with Gasteiger partial charge in [-0.3, -0.25) is 10.1 Å². The van der Waals surface area contributed by atoms with Gasteiger partial charge in [0, 0.05) is 6.20 Å². The predicted molar refractivity (Wildman–Crippen MR) is 90.4 cm³/mol. The molecule has 3 rings (SSSR count). The summed E-state index contributed by atoms with van der Waals surface area (Å²) in [5.74, 6) is -0.0727. The van der Waals surface area contributed by atoms with Crippen molar-refractivity contribution in [2.24, 2.45) is 0 Å². The van der Waals surface area contributed by atoms with Crippen LogP contribution < -0.4 is 0 Å². The minimum absolute atomic E-state index is 0.0550. The predicted octanol–water partition coefficient (Wildman–Crippen LogP) is 4.56. The van der Waals surface area contributed by atoms with Crippen LogP contribution in [-0.2, 0) is 11.6 Å². The molecule has 0 fully saturated rings. The third-order valence-electron chi connectivity index (χ3n) is 3.93. The molecule has 0 unspecified atom stereocenters. The molecule has 3 aromatic rings. The van der Waals surface area contributed by atoms with Gasteiger partial charge in [-0.25, -0.2) is 4.98 Å². The van der Waals surface area contributed by atoms with Crippen LogP contribution in [0.15, 0.2) is 36.5 Å². The maximum absolute atomic E-state index is 13.2. The van der Waals surface area contributed by atoms with E-state index >= 15 is 0 Å². The van der Waals surface area contributed by atoms with E-state index in [4.69, 9.17) is 0 Å². The smallest absolute Gasteiger partial charge is 0.418 e. The summed E-state index contributed by atoms with van der Waals surface area (Å²) < 4.78 is 39.5. The van der Waals surface area contributed by atoms with E-state index in [0.29, 0.717) is 5.56 Å². The molecule has 0 atom stereocenters. The quantitative estimate of drug-likeness (QED) is 0.701. The highest BCUT2D eigenvalue weighted by Crippen LogP contribution is 2.36. The number of H-pyrrole nitrogens is 1. The van der Waals surface area contributed by atoms with E-state index in [1.807, 2.05) is 20.8 Å². The Morgan fingerprint density at radius 2 is 1.81 bits per heavy atom. The molecule has 0 saturated carbocycles. The Balaban J connectivity index is 2.08. The standard InChI is InChI=1S/C18H17F3N4O/c1-17(2,3)10-6-7-13(26)11(9-10)15-23-16(25-24-15)14-12(18(19,20)21)5-4-8-22-14/h4-9,26H,1-3H3,(H,23,24,25). The van der Waals surface area contributed by atoms with Gasteiger partial charge in [0.25, 0.3) is 0 Å². The summed E-state index contributed by atoms with van der Waals surface area (Å²) in [6, 6.07) is 7.18. The van der Waals surface area contributed by atoms with Crippen LogP contribution in [0.4, 0.5) is 13.2 Å². The average molecular weight is 362 g/mol. The fourth-order valence-electron chi connectivity index (χ4n) is 2.49. The maximum Gasteiger partial charge on any atom is 0.418 e. The van der Waals surface area contributed by atoms with Crippen LogP contribution >= 0.6 is 0 Å². The summed E-state index contributed by atoms with van der Waals surface area (Å²) in [6.07, 6.45) is -3.31. The zero-order valence-electron chi connectivity index (χ0n) is 14.4. The number of alkyl halides is 3. The van der Waals surface area contributed by atoms with Crippen LogP contribution in [0.2, 0.25) is 0 Å². The lowest BCUT2D eigenvalue weighted by Crippen LogP contribution is -2.10. The molecule has 0 aliphatic heterocycles. The van der Waals surface area contributed by atoms with Crippen molar-refractivity contribution >= 4 is 0 Å². The number of nitrogens with zero attached hydrogens (tertiary/aromatic N) is 3. The Hall–Kier alpha value is -2.90. The van der Waals surface area contributed by atoms with Crippen molar-refractivity contribution in [2.45, 2.75) is 32.4 Å². The van der Waals surface area contributed by atoms with Crippen molar-refractivity contribution in [3.63, 3.8) is 0 Å². The normalized spacial score (nSPS) is 12.4. The Labute approximate surface area is 147 Å². The molecule has 5 nitrogen and oxygen atoms in total. The van der Waals surface area contributed by atoms with Crippen LogP contribution in [0, 0.1) is 0 Å². The molecule has 0 amide bonds. The van der Waals surface area contributed by atoms with Gasteiger partial charge in [-0.15, -0.1) is 0 Å². The highest BCUT2D eigenvalue weighted by molar-refractivity contribution is 5.67. The van der Waals surface area contributed by atoms with E-state index in [1.165, 1.54) is 18.3 Å². The Morgan fingerprint density at radius 1 is 1.08 bits per heavy atom. The molecule has 8 heteroatoms. The molecule has 2 aromatic heterocycles. The lowest BCUT2D eigenvalue weighted by atomic mass is 9.86. The maximum atomic E-state index is 13.2. The number of phenols is 1. The van der Waals surface area contributed by atoms with Gasteiger partial charge in [0.15, 0.2) is 11.6 Å². The van der Waals surface area contributed by atoms with E-state index in [2.05, 4.69) is 20.2 Å². The first kappa shape index (κ1) is 17.9. The monoisotopic (exact) mass is 362 g/mol.